The molecular weight excluding hydrogens is 498 g/mol. The summed E-state index contributed by atoms with van der Waals surface area (Å²) in [6, 6.07) is 6.23. The third-order valence-corrected chi connectivity index (χ3v) is 7.59. The van der Waals surface area contributed by atoms with E-state index in [4.69, 9.17) is 16.1 Å². The number of benzene rings is 2. The summed E-state index contributed by atoms with van der Waals surface area (Å²) >= 11 is 0. The van der Waals surface area contributed by atoms with Crippen LogP contribution in [0.15, 0.2) is 30.5 Å². The Hall–Kier alpha value is -4.40. The van der Waals surface area contributed by atoms with Gasteiger partial charge in [0.1, 0.15) is 23.1 Å². The lowest BCUT2D eigenvalue weighted by Gasteiger charge is -2.34. The topological polar surface area (TPSA) is 70.5 Å². The van der Waals surface area contributed by atoms with Crippen LogP contribution < -0.4 is 15.0 Å². The zero-order chi connectivity index (χ0) is 27.3. The van der Waals surface area contributed by atoms with Crippen molar-refractivity contribution in [2.45, 2.75) is 38.8 Å². The van der Waals surface area contributed by atoms with Crippen LogP contribution in [0.25, 0.3) is 32.8 Å². The number of aromatic hydroxyl groups is 1. The molecule has 2 saturated heterocycles. The molecule has 0 saturated carbocycles. The average Bonchev–Trinajstić information content (AvgIpc) is 3.27. The second-order valence-corrected chi connectivity index (χ2v) is 9.99. The van der Waals surface area contributed by atoms with E-state index in [0.717, 1.165) is 25.9 Å². The molecule has 8 heteroatoms. The molecule has 4 heterocycles. The Morgan fingerprint density at radius 1 is 1.18 bits per heavy atom. The summed E-state index contributed by atoms with van der Waals surface area (Å²) in [5.74, 6) is 7.58. The zero-order valence-corrected chi connectivity index (χ0v) is 21.6. The molecule has 2 bridgehead atoms. The fraction of sp³-hybridized carbons (Fsp3) is 0.290. The number of rotatable bonds is 4. The third-order valence-electron chi connectivity index (χ3n) is 7.59. The quantitative estimate of drug-likeness (QED) is 0.364. The molecule has 0 aliphatic carbocycles. The normalized spacial score (nSPS) is 18.2. The van der Waals surface area contributed by atoms with Crippen molar-refractivity contribution < 1.29 is 18.6 Å². The van der Waals surface area contributed by atoms with Crippen molar-refractivity contribution in [1.29, 1.82) is 0 Å². The largest absolute Gasteiger partial charge is 0.508 e. The Morgan fingerprint density at radius 2 is 1.95 bits per heavy atom. The zero-order valence-electron chi connectivity index (χ0n) is 21.6. The highest BCUT2D eigenvalue weighted by Gasteiger charge is 2.34. The monoisotopic (exact) mass is 524 g/mol. The molecule has 0 radical (unpaired) electrons. The van der Waals surface area contributed by atoms with Crippen molar-refractivity contribution >= 4 is 27.4 Å². The number of ether oxygens (including phenoxy) is 1. The minimum atomic E-state index is -0.627. The van der Waals surface area contributed by atoms with Crippen LogP contribution in [0.1, 0.15) is 30.9 Å². The van der Waals surface area contributed by atoms with Crippen LogP contribution in [0.4, 0.5) is 14.6 Å². The Bertz CT molecular complexity index is 1740. The van der Waals surface area contributed by atoms with Crippen molar-refractivity contribution in [2.75, 3.05) is 24.6 Å². The highest BCUT2D eigenvalue weighted by Crippen LogP contribution is 2.41. The summed E-state index contributed by atoms with van der Waals surface area (Å²) in [6.07, 6.45) is 9.40. The van der Waals surface area contributed by atoms with E-state index in [1.54, 1.807) is 20.0 Å². The van der Waals surface area contributed by atoms with E-state index in [1.165, 1.54) is 24.3 Å². The molecule has 2 atom stereocenters. The van der Waals surface area contributed by atoms with Gasteiger partial charge in [-0.3, -0.25) is 4.98 Å². The number of aryl methyl sites for hydroxylation is 1. The molecule has 6 nitrogen and oxygen atoms in total. The summed E-state index contributed by atoms with van der Waals surface area (Å²) < 4.78 is 37.3. The van der Waals surface area contributed by atoms with Crippen molar-refractivity contribution in [1.82, 2.24) is 15.3 Å². The van der Waals surface area contributed by atoms with Crippen molar-refractivity contribution in [3.8, 4) is 47.1 Å². The highest BCUT2D eigenvalue weighted by atomic mass is 19.1. The summed E-state index contributed by atoms with van der Waals surface area (Å²) in [7, 11) is 0. The Labute approximate surface area is 225 Å². The van der Waals surface area contributed by atoms with Gasteiger partial charge in [-0.25, -0.2) is 8.78 Å². The molecule has 2 fully saturated rings. The predicted molar refractivity (Wildman–Crippen MR) is 148 cm³/mol. The van der Waals surface area contributed by atoms with Gasteiger partial charge in [-0.2, -0.15) is 4.98 Å². The van der Waals surface area contributed by atoms with E-state index in [9.17, 15) is 9.50 Å². The maximum absolute atomic E-state index is 16.7. The number of piperazine rings is 1. The fourth-order valence-electron chi connectivity index (χ4n) is 5.84. The minimum absolute atomic E-state index is 0.0191. The molecule has 39 heavy (non-hydrogen) atoms. The summed E-state index contributed by atoms with van der Waals surface area (Å²) in [6.45, 7) is 5.05. The van der Waals surface area contributed by atoms with Crippen molar-refractivity contribution in [3.63, 3.8) is 0 Å². The lowest BCUT2D eigenvalue weighted by atomic mass is 9.95. The molecule has 4 aromatic rings. The first-order valence-corrected chi connectivity index (χ1v) is 12.8. The van der Waals surface area contributed by atoms with Gasteiger partial charge in [-0.1, -0.05) is 17.9 Å². The van der Waals surface area contributed by atoms with Gasteiger partial charge in [-0.05, 0) is 50.3 Å². The van der Waals surface area contributed by atoms with E-state index in [-0.39, 0.29) is 29.2 Å². The number of hydrogen-bond acceptors (Lipinski definition) is 6. The smallest absolute Gasteiger partial charge is 0.219 e. The maximum Gasteiger partial charge on any atom is 0.219 e. The second-order valence-electron chi connectivity index (χ2n) is 9.99. The minimum Gasteiger partial charge on any atom is -0.508 e. The SMILES string of the molecule is C#Cc1c(F)ccc2cc(O)cc(-c3ncc4c(N5CC6CCC(C5)N6)nc(OCC#CC)c(C)c4c3F)c12. The lowest BCUT2D eigenvalue weighted by Crippen LogP contribution is -2.51. The van der Waals surface area contributed by atoms with Crippen LogP contribution >= 0.6 is 0 Å². The number of phenols is 1. The fourth-order valence-corrected chi connectivity index (χ4v) is 5.84. The first kappa shape index (κ1) is 24.9. The molecule has 2 aliphatic rings. The van der Waals surface area contributed by atoms with Crippen molar-refractivity contribution in [2.24, 2.45) is 0 Å². The summed E-state index contributed by atoms with van der Waals surface area (Å²) in [5, 5.41) is 15.7. The Morgan fingerprint density at radius 3 is 2.67 bits per heavy atom. The van der Waals surface area contributed by atoms with Crippen LogP contribution in [0.5, 0.6) is 11.6 Å². The molecule has 0 spiro atoms. The number of fused-ring (bicyclic) bond motifs is 4. The van der Waals surface area contributed by atoms with Gasteiger partial charge >= 0.3 is 0 Å². The van der Waals surface area contributed by atoms with Crippen LogP contribution in [-0.4, -0.2) is 46.9 Å². The number of terminal acetylenes is 1. The van der Waals surface area contributed by atoms with Gasteiger partial charge < -0.3 is 20.1 Å². The average molecular weight is 525 g/mol. The number of anilines is 1. The van der Waals surface area contributed by atoms with Crippen molar-refractivity contribution in [3.05, 3.63) is 53.2 Å². The standard InChI is InChI=1S/C31H26F2N4O2/c1-4-6-11-39-31-17(3)26-24(30(36-31)37-15-19-8-9-20(16-37)35-19)14-34-29(28(26)33)23-13-21(38)12-18-7-10-25(32)22(5-2)27(18)23/h2,7,10,12-14,19-20,35,38H,8-9,11,15-16H2,1,3H3. The molecule has 2 N–H and O–H groups in total. The number of nitrogens with zero attached hydrogens (tertiary/aromatic N) is 3. The van der Waals surface area contributed by atoms with E-state index in [1.807, 2.05) is 0 Å². The molecule has 2 aromatic carbocycles. The van der Waals surface area contributed by atoms with Gasteiger partial charge in [0.05, 0.1) is 5.56 Å². The van der Waals surface area contributed by atoms with E-state index in [2.05, 4.69) is 33.0 Å². The van der Waals surface area contributed by atoms with Gasteiger partial charge in [0.15, 0.2) is 12.4 Å². The molecule has 2 aromatic heterocycles. The van der Waals surface area contributed by atoms with Gasteiger partial charge in [0.2, 0.25) is 5.88 Å². The van der Waals surface area contributed by atoms with Gasteiger partial charge in [0, 0.05) is 58.7 Å². The lowest BCUT2D eigenvalue weighted by molar-refractivity contribution is 0.352. The van der Waals surface area contributed by atoms with Crippen LogP contribution in [0.3, 0.4) is 0 Å². The first-order valence-electron chi connectivity index (χ1n) is 12.8. The van der Waals surface area contributed by atoms with E-state index in [0.29, 0.717) is 50.9 Å². The van der Waals surface area contributed by atoms with Crippen LogP contribution in [-0.2, 0) is 0 Å². The predicted octanol–water partition coefficient (Wildman–Crippen LogP) is 5.07. The van der Waals surface area contributed by atoms with E-state index < -0.39 is 11.6 Å². The van der Waals surface area contributed by atoms with Gasteiger partial charge in [0.25, 0.3) is 0 Å². The first-order chi connectivity index (χ1) is 18.9. The number of hydrogen-bond donors (Lipinski definition) is 2. The molecule has 2 unspecified atom stereocenters. The summed E-state index contributed by atoms with van der Waals surface area (Å²) in [4.78, 5) is 11.5. The van der Waals surface area contributed by atoms with E-state index >= 15 is 4.39 Å². The van der Waals surface area contributed by atoms with Crippen LogP contribution in [0.2, 0.25) is 0 Å². The Kier molecular flexibility index (Phi) is 6.21. The van der Waals surface area contributed by atoms with Gasteiger partial charge in [-0.15, -0.1) is 12.3 Å². The molecule has 2 aliphatic heterocycles. The third kappa shape index (κ3) is 4.18. The number of nitrogens with one attached hydrogen (secondary N) is 1. The number of pyridine rings is 2. The molecule has 0 amide bonds. The molecule has 6 rings (SSSR count). The number of aromatic nitrogens is 2. The summed E-state index contributed by atoms with van der Waals surface area (Å²) in [5.41, 5.74) is 0.632. The number of halogens is 2. The highest BCUT2D eigenvalue weighted by molar-refractivity contribution is 6.04. The van der Waals surface area contributed by atoms with Crippen LogP contribution in [0, 0.1) is 42.7 Å². The maximum atomic E-state index is 16.7. The molecular formula is C31H26F2N4O2. The Balaban J connectivity index is 1.61. The number of phenolic OH excluding ortho intramolecular Hbond substituents is 1. The second kappa shape index (κ2) is 9.72. The molecule has 196 valence electrons.